The molecule has 0 aliphatic heterocycles. The molecule has 0 radical (unpaired) electrons. The summed E-state index contributed by atoms with van der Waals surface area (Å²) in [4.78, 5) is 16.1. The van der Waals surface area contributed by atoms with Crippen LogP contribution in [0.15, 0.2) is 82.7 Å². The Kier molecular flexibility index (Phi) is 7.47. The number of aliphatic imine (C=N–C) groups is 1. The van der Waals surface area contributed by atoms with Gasteiger partial charge in [-0.2, -0.15) is 0 Å². The fourth-order valence-electron chi connectivity index (χ4n) is 2.93. The molecule has 2 N–H and O–H groups in total. The van der Waals surface area contributed by atoms with Gasteiger partial charge in [-0.3, -0.25) is 9.79 Å². The van der Waals surface area contributed by atoms with Crippen molar-refractivity contribution in [2.75, 3.05) is 13.6 Å². The molecule has 0 aliphatic rings. The van der Waals surface area contributed by atoms with Crippen molar-refractivity contribution in [2.24, 2.45) is 4.99 Å². The molecule has 0 amide bonds. The second-order valence-corrected chi connectivity index (χ2v) is 7.15. The van der Waals surface area contributed by atoms with Crippen molar-refractivity contribution in [3.63, 3.8) is 0 Å². The first kappa shape index (κ1) is 20.7. The molecule has 5 nitrogen and oxygen atoms in total. The summed E-state index contributed by atoms with van der Waals surface area (Å²) in [5.74, 6) is 0.763. The third-order valence-electron chi connectivity index (χ3n) is 4.58. The van der Waals surface area contributed by atoms with Gasteiger partial charge < -0.3 is 15.2 Å². The standard InChI is InChI=1S/C23H25ClN4O/c1-25-23(26-14-13-18-9-11-21(24)12-10-18)27-16-19-5-7-20(8-6-19)17-28-15-3-2-4-22(28)29/h2-12,15H,13-14,16-17H2,1H3,(H2,25,26,27). The van der Waals surface area contributed by atoms with E-state index >= 15 is 0 Å². The summed E-state index contributed by atoms with van der Waals surface area (Å²) in [6.45, 7) is 2.03. The first-order chi connectivity index (χ1) is 14.1. The molecule has 1 aromatic heterocycles. The van der Waals surface area contributed by atoms with E-state index in [0.717, 1.165) is 35.1 Å². The van der Waals surface area contributed by atoms with Crippen LogP contribution in [0.1, 0.15) is 16.7 Å². The van der Waals surface area contributed by atoms with E-state index in [1.807, 2.05) is 42.5 Å². The van der Waals surface area contributed by atoms with Gasteiger partial charge >= 0.3 is 0 Å². The molecule has 0 fully saturated rings. The van der Waals surface area contributed by atoms with Crippen LogP contribution in [0.25, 0.3) is 0 Å². The van der Waals surface area contributed by atoms with Crippen molar-refractivity contribution in [3.8, 4) is 0 Å². The quantitative estimate of drug-likeness (QED) is 0.465. The highest BCUT2D eigenvalue weighted by Crippen LogP contribution is 2.09. The van der Waals surface area contributed by atoms with Gasteiger partial charge in [0.15, 0.2) is 5.96 Å². The molecule has 2 aromatic carbocycles. The van der Waals surface area contributed by atoms with Gasteiger partial charge in [0, 0.05) is 37.4 Å². The van der Waals surface area contributed by atoms with E-state index in [4.69, 9.17) is 11.6 Å². The summed E-state index contributed by atoms with van der Waals surface area (Å²) in [5, 5.41) is 7.39. The highest BCUT2D eigenvalue weighted by Gasteiger charge is 2.01. The Balaban J connectivity index is 1.46. The van der Waals surface area contributed by atoms with Gasteiger partial charge in [-0.15, -0.1) is 0 Å². The van der Waals surface area contributed by atoms with E-state index < -0.39 is 0 Å². The molecule has 0 bridgehead atoms. The van der Waals surface area contributed by atoms with Gasteiger partial charge in [0.1, 0.15) is 0 Å². The molecular weight excluding hydrogens is 384 g/mol. The van der Waals surface area contributed by atoms with Gasteiger partial charge in [-0.1, -0.05) is 54.1 Å². The SMILES string of the molecule is CN=C(NCCc1ccc(Cl)cc1)NCc1ccc(Cn2ccccc2=O)cc1. The predicted molar refractivity (Wildman–Crippen MR) is 120 cm³/mol. The molecular formula is C23H25ClN4O. The lowest BCUT2D eigenvalue weighted by Gasteiger charge is -2.12. The van der Waals surface area contributed by atoms with Gasteiger partial charge in [0.25, 0.3) is 5.56 Å². The maximum Gasteiger partial charge on any atom is 0.250 e. The lowest BCUT2D eigenvalue weighted by atomic mass is 10.1. The molecule has 0 saturated carbocycles. The van der Waals surface area contributed by atoms with Gasteiger partial charge in [-0.05, 0) is 41.3 Å². The van der Waals surface area contributed by atoms with Crippen molar-refractivity contribution in [1.29, 1.82) is 0 Å². The van der Waals surface area contributed by atoms with Crippen LogP contribution in [0.5, 0.6) is 0 Å². The maximum absolute atomic E-state index is 11.8. The summed E-state index contributed by atoms with van der Waals surface area (Å²) in [6, 6.07) is 21.3. The number of rotatable bonds is 7. The van der Waals surface area contributed by atoms with Crippen LogP contribution >= 0.6 is 11.6 Å². The highest BCUT2D eigenvalue weighted by atomic mass is 35.5. The number of guanidine groups is 1. The van der Waals surface area contributed by atoms with Crippen LogP contribution in [0.2, 0.25) is 5.02 Å². The zero-order chi connectivity index (χ0) is 20.5. The van der Waals surface area contributed by atoms with Crippen molar-refractivity contribution < 1.29 is 0 Å². The van der Waals surface area contributed by atoms with E-state index in [1.165, 1.54) is 5.56 Å². The minimum Gasteiger partial charge on any atom is -0.356 e. The van der Waals surface area contributed by atoms with Gasteiger partial charge in [0.05, 0.1) is 6.54 Å². The number of nitrogens with one attached hydrogen (secondary N) is 2. The number of pyridine rings is 1. The molecule has 6 heteroatoms. The van der Waals surface area contributed by atoms with Crippen molar-refractivity contribution in [1.82, 2.24) is 15.2 Å². The molecule has 0 saturated heterocycles. The molecule has 3 aromatic rings. The van der Waals surface area contributed by atoms with Crippen LogP contribution in [0, 0.1) is 0 Å². The average molecular weight is 409 g/mol. The Morgan fingerprint density at radius 3 is 2.31 bits per heavy atom. The van der Waals surface area contributed by atoms with E-state index in [1.54, 1.807) is 29.9 Å². The topological polar surface area (TPSA) is 58.4 Å². The summed E-state index contributed by atoms with van der Waals surface area (Å²) in [5.41, 5.74) is 3.47. The van der Waals surface area contributed by atoms with E-state index in [9.17, 15) is 4.79 Å². The third kappa shape index (κ3) is 6.50. The van der Waals surface area contributed by atoms with Crippen molar-refractivity contribution >= 4 is 17.6 Å². The number of nitrogens with zero attached hydrogens (tertiary/aromatic N) is 2. The minimum absolute atomic E-state index is 0.00622. The Labute approximate surface area is 176 Å². The first-order valence-corrected chi connectivity index (χ1v) is 9.94. The lowest BCUT2D eigenvalue weighted by molar-refractivity contribution is 0.758. The average Bonchev–Trinajstić information content (AvgIpc) is 2.74. The van der Waals surface area contributed by atoms with Crippen LogP contribution in [-0.2, 0) is 19.5 Å². The number of hydrogen-bond acceptors (Lipinski definition) is 2. The summed E-state index contributed by atoms with van der Waals surface area (Å²) >= 11 is 5.92. The molecule has 0 aliphatic carbocycles. The Bertz CT molecular complexity index is 994. The monoisotopic (exact) mass is 408 g/mol. The molecule has 0 unspecified atom stereocenters. The lowest BCUT2D eigenvalue weighted by Crippen LogP contribution is -2.37. The largest absolute Gasteiger partial charge is 0.356 e. The predicted octanol–water partition coefficient (Wildman–Crippen LogP) is 3.46. The van der Waals surface area contributed by atoms with E-state index in [-0.39, 0.29) is 5.56 Å². The molecule has 3 rings (SSSR count). The normalized spacial score (nSPS) is 11.3. The smallest absolute Gasteiger partial charge is 0.250 e. The summed E-state index contributed by atoms with van der Waals surface area (Å²) in [7, 11) is 1.76. The Morgan fingerprint density at radius 1 is 0.931 bits per heavy atom. The number of benzene rings is 2. The van der Waals surface area contributed by atoms with Crippen LogP contribution in [0.3, 0.4) is 0 Å². The van der Waals surface area contributed by atoms with Crippen LogP contribution in [-0.4, -0.2) is 24.1 Å². The molecule has 0 spiro atoms. The second kappa shape index (κ2) is 10.5. The fourth-order valence-corrected chi connectivity index (χ4v) is 3.06. The molecule has 0 atom stereocenters. The van der Waals surface area contributed by atoms with Crippen molar-refractivity contribution in [2.45, 2.75) is 19.5 Å². The van der Waals surface area contributed by atoms with Crippen LogP contribution in [0.4, 0.5) is 0 Å². The number of hydrogen-bond donors (Lipinski definition) is 2. The number of aromatic nitrogens is 1. The Morgan fingerprint density at radius 2 is 1.62 bits per heavy atom. The zero-order valence-electron chi connectivity index (χ0n) is 16.4. The van der Waals surface area contributed by atoms with Crippen molar-refractivity contribution in [3.05, 3.63) is 105 Å². The second-order valence-electron chi connectivity index (χ2n) is 6.71. The third-order valence-corrected chi connectivity index (χ3v) is 4.83. The summed E-state index contributed by atoms with van der Waals surface area (Å²) < 4.78 is 1.69. The van der Waals surface area contributed by atoms with Gasteiger partial charge in [0.2, 0.25) is 0 Å². The van der Waals surface area contributed by atoms with E-state index in [2.05, 4.69) is 27.8 Å². The van der Waals surface area contributed by atoms with E-state index in [0.29, 0.717) is 13.1 Å². The number of halogens is 1. The Hall–Kier alpha value is -3.05. The minimum atomic E-state index is 0.00622. The molecule has 1 heterocycles. The van der Waals surface area contributed by atoms with Crippen LogP contribution < -0.4 is 16.2 Å². The fraction of sp³-hybridized carbons (Fsp3) is 0.217. The maximum atomic E-state index is 11.8. The molecule has 150 valence electrons. The summed E-state index contributed by atoms with van der Waals surface area (Å²) in [6.07, 6.45) is 2.70. The highest BCUT2D eigenvalue weighted by molar-refractivity contribution is 6.30. The molecule has 29 heavy (non-hydrogen) atoms. The first-order valence-electron chi connectivity index (χ1n) is 9.56. The zero-order valence-corrected chi connectivity index (χ0v) is 17.2. The van der Waals surface area contributed by atoms with Gasteiger partial charge in [-0.25, -0.2) is 0 Å².